The van der Waals surface area contributed by atoms with E-state index in [1.54, 1.807) is 20.8 Å². The van der Waals surface area contributed by atoms with Crippen LogP contribution in [0.25, 0.3) is 0 Å². The van der Waals surface area contributed by atoms with Crippen LogP contribution in [0.15, 0.2) is 40.9 Å². The topological polar surface area (TPSA) is 180 Å². The van der Waals surface area contributed by atoms with Gasteiger partial charge in [-0.2, -0.15) is 0 Å². The first kappa shape index (κ1) is 31.4. The number of rotatable bonds is 11. The maximum absolute atomic E-state index is 14.0. The van der Waals surface area contributed by atoms with Gasteiger partial charge in [-0.05, 0) is 37.7 Å². The second kappa shape index (κ2) is 13.6. The van der Waals surface area contributed by atoms with Gasteiger partial charge in [-0.1, -0.05) is 49.3 Å². The zero-order valence-electron chi connectivity index (χ0n) is 24.7. The number of likely N-dealkylation sites (N-methyl/N-ethyl adjacent to an activating group) is 1. The first-order chi connectivity index (χ1) is 20.5. The largest absolute Gasteiger partial charge is 0.361 e. The van der Waals surface area contributed by atoms with Gasteiger partial charge in [0.2, 0.25) is 23.5 Å². The van der Waals surface area contributed by atoms with Crippen molar-refractivity contribution < 1.29 is 33.3 Å². The summed E-state index contributed by atoms with van der Waals surface area (Å²) in [6.45, 7) is 5.84. The van der Waals surface area contributed by atoms with Gasteiger partial charge in [-0.15, -0.1) is 0 Å². The Morgan fingerprint density at radius 2 is 1.84 bits per heavy atom. The van der Waals surface area contributed by atoms with Crippen LogP contribution in [0, 0.1) is 18.8 Å². The first-order valence-corrected chi connectivity index (χ1v) is 14.4. The predicted octanol–water partition coefficient (Wildman–Crippen LogP) is 0.448. The number of amides is 5. The lowest BCUT2D eigenvalue weighted by molar-refractivity contribution is -0.143. The summed E-state index contributed by atoms with van der Waals surface area (Å²) in [6, 6.07) is 7.66. The molecule has 5 atom stereocenters. The first-order valence-electron chi connectivity index (χ1n) is 14.4. The van der Waals surface area contributed by atoms with Crippen LogP contribution in [-0.2, 0) is 24.0 Å². The van der Waals surface area contributed by atoms with Crippen molar-refractivity contribution >= 4 is 35.3 Å². The van der Waals surface area contributed by atoms with Crippen LogP contribution < -0.4 is 21.3 Å². The molecule has 3 heterocycles. The van der Waals surface area contributed by atoms with E-state index in [2.05, 4.69) is 26.4 Å². The quantitative estimate of drug-likeness (QED) is 0.271. The van der Waals surface area contributed by atoms with Crippen LogP contribution in [-0.4, -0.2) is 83.6 Å². The van der Waals surface area contributed by atoms with E-state index in [-0.39, 0.29) is 42.8 Å². The fraction of sp³-hybridized carbons (Fsp3) is 0.500. The average molecular weight is 595 g/mol. The van der Waals surface area contributed by atoms with Crippen molar-refractivity contribution in [1.82, 2.24) is 31.3 Å². The Bertz CT molecular complexity index is 1370. The third-order valence-corrected chi connectivity index (χ3v) is 8.00. The number of aromatic nitrogens is 1. The van der Waals surface area contributed by atoms with Crippen molar-refractivity contribution in [3.05, 3.63) is 53.4 Å². The van der Waals surface area contributed by atoms with E-state index < -0.39 is 53.5 Å². The zero-order chi connectivity index (χ0) is 31.3. The van der Waals surface area contributed by atoms with Gasteiger partial charge in [-0.25, -0.2) is 0 Å². The molecular weight excluding hydrogens is 556 g/mol. The van der Waals surface area contributed by atoms with Gasteiger partial charge in [0, 0.05) is 38.0 Å². The molecule has 4 rings (SSSR count). The van der Waals surface area contributed by atoms with E-state index >= 15 is 0 Å². The van der Waals surface area contributed by atoms with Crippen molar-refractivity contribution in [2.24, 2.45) is 11.8 Å². The number of hydrogen-bond donors (Lipinski definition) is 4. The molecule has 4 N–H and O–H groups in total. The fourth-order valence-electron chi connectivity index (χ4n) is 5.61. The van der Waals surface area contributed by atoms with Gasteiger partial charge in [0.1, 0.15) is 17.8 Å². The van der Waals surface area contributed by atoms with Crippen LogP contribution in [0.5, 0.6) is 0 Å². The van der Waals surface area contributed by atoms with Crippen LogP contribution in [0.1, 0.15) is 60.8 Å². The minimum absolute atomic E-state index is 0.0281. The minimum Gasteiger partial charge on any atom is -0.361 e. The molecule has 2 aliphatic rings. The van der Waals surface area contributed by atoms with Gasteiger partial charge >= 0.3 is 0 Å². The monoisotopic (exact) mass is 594 g/mol. The number of nitrogens with zero attached hydrogens (tertiary/aromatic N) is 2. The number of Topliss-reactive ketones (excluding diaryl/α,β-unsaturated/α-hetero) is 1. The van der Waals surface area contributed by atoms with Crippen LogP contribution in [0.3, 0.4) is 0 Å². The van der Waals surface area contributed by atoms with Crippen LogP contribution >= 0.6 is 0 Å². The summed E-state index contributed by atoms with van der Waals surface area (Å²) in [7, 11) is 1.31. The minimum atomic E-state index is -1.26. The molecule has 5 unspecified atom stereocenters. The molecule has 0 aliphatic carbocycles. The number of likely N-dealkylation sites (tertiary alicyclic amines) is 1. The van der Waals surface area contributed by atoms with Gasteiger partial charge in [0.05, 0.1) is 6.04 Å². The Balaban J connectivity index is 1.60. The summed E-state index contributed by atoms with van der Waals surface area (Å²) < 4.78 is 4.99. The van der Waals surface area contributed by atoms with Crippen molar-refractivity contribution in [1.29, 1.82) is 0 Å². The molecule has 1 aromatic heterocycles. The molecular formula is C30H38N6O7. The average Bonchev–Trinajstić information content (AvgIpc) is 3.74. The fourth-order valence-corrected chi connectivity index (χ4v) is 5.61. The summed E-state index contributed by atoms with van der Waals surface area (Å²) in [5.41, 5.74) is 0.958. The molecule has 0 radical (unpaired) electrons. The molecule has 2 aliphatic heterocycles. The van der Waals surface area contributed by atoms with Crippen molar-refractivity contribution in [2.75, 3.05) is 20.1 Å². The highest BCUT2D eigenvalue weighted by atomic mass is 16.5. The Morgan fingerprint density at radius 1 is 1.12 bits per heavy atom. The third-order valence-electron chi connectivity index (χ3n) is 8.00. The summed E-state index contributed by atoms with van der Waals surface area (Å²) in [5.74, 6) is -4.33. The lowest BCUT2D eigenvalue weighted by Gasteiger charge is -2.31. The highest BCUT2D eigenvalue weighted by Gasteiger charge is 2.44. The van der Waals surface area contributed by atoms with E-state index in [4.69, 9.17) is 4.52 Å². The third kappa shape index (κ3) is 7.27. The Hall–Kier alpha value is -4.55. The maximum Gasteiger partial charge on any atom is 0.289 e. The SMILES string of the molecule is CNC(=O)C(=O)C(CC1CCNC1=O)NC(=O)C1CC(c2ccccc2)CN1C(=O)C(NC(=O)c1cc(C)on1)C(C)C. The summed E-state index contributed by atoms with van der Waals surface area (Å²) >= 11 is 0. The molecule has 0 bridgehead atoms. The number of carbonyl (C=O) groups excluding carboxylic acids is 6. The van der Waals surface area contributed by atoms with E-state index in [0.29, 0.717) is 18.7 Å². The Kier molecular flexibility index (Phi) is 9.94. The Morgan fingerprint density at radius 3 is 2.42 bits per heavy atom. The standard InChI is InChI=1S/C30H38N6O7/c1-16(2)24(34-27(39)22-12-17(3)43-35-22)30(42)36-15-20(18-8-6-5-7-9-18)14-23(36)28(40)33-21(25(37)29(41)31-4)13-19-10-11-32-26(19)38/h5-9,12,16,19-21,23-24H,10-11,13-15H2,1-4H3,(H,31,41)(H,32,38)(H,33,40)(H,34,39). The summed E-state index contributed by atoms with van der Waals surface area (Å²) in [5, 5.41) is 14.1. The molecule has 1 aromatic carbocycles. The molecule has 13 nitrogen and oxygen atoms in total. The van der Waals surface area contributed by atoms with Crippen molar-refractivity contribution in [3.8, 4) is 0 Å². The lowest BCUT2D eigenvalue weighted by atomic mass is 9.94. The van der Waals surface area contributed by atoms with E-state index in [9.17, 15) is 28.8 Å². The molecule has 43 heavy (non-hydrogen) atoms. The predicted molar refractivity (Wildman–Crippen MR) is 153 cm³/mol. The number of carbonyl (C=O) groups is 6. The van der Waals surface area contributed by atoms with Crippen LogP contribution in [0.2, 0.25) is 0 Å². The number of nitrogens with one attached hydrogen (secondary N) is 4. The molecule has 0 spiro atoms. The maximum atomic E-state index is 14.0. The van der Waals surface area contributed by atoms with Gasteiger partial charge < -0.3 is 30.7 Å². The summed E-state index contributed by atoms with van der Waals surface area (Å²) in [6.07, 6.45) is 0.680. The number of aryl methyl sites for hydroxylation is 1. The van der Waals surface area contributed by atoms with Gasteiger partial charge in [-0.3, -0.25) is 28.8 Å². The molecule has 230 valence electrons. The van der Waals surface area contributed by atoms with E-state index in [1.807, 2.05) is 30.3 Å². The molecule has 2 fully saturated rings. The van der Waals surface area contributed by atoms with Gasteiger partial charge in [0.25, 0.3) is 11.8 Å². The number of hydrogen-bond acceptors (Lipinski definition) is 8. The van der Waals surface area contributed by atoms with E-state index in [0.717, 1.165) is 5.56 Å². The molecule has 2 saturated heterocycles. The molecule has 2 aromatic rings. The highest BCUT2D eigenvalue weighted by Crippen LogP contribution is 2.33. The highest BCUT2D eigenvalue weighted by molar-refractivity contribution is 6.38. The molecule has 13 heteroatoms. The Labute approximate surface area is 249 Å². The molecule has 0 saturated carbocycles. The van der Waals surface area contributed by atoms with Gasteiger partial charge in [0.15, 0.2) is 5.69 Å². The smallest absolute Gasteiger partial charge is 0.289 e. The van der Waals surface area contributed by atoms with E-state index in [1.165, 1.54) is 18.0 Å². The zero-order valence-corrected chi connectivity index (χ0v) is 24.7. The summed E-state index contributed by atoms with van der Waals surface area (Å²) in [4.78, 5) is 79.7. The second-order valence-corrected chi connectivity index (χ2v) is 11.4. The number of ketones is 1. The van der Waals surface area contributed by atoms with Crippen LogP contribution in [0.4, 0.5) is 0 Å². The second-order valence-electron chi connectivity index (χ2n) is 11.4. The normalized spacial score (nSPS) is 21.2. The lowest BCUT2D eigenvalue weighted by Crippen LogP contribution is -2.57. The van der Waals surface area contributed by atoms with Crippen molar-refractivity contribution in [2.45, 2.75) is 64.1 Å². The van der Waals surface area contributed by atoms with Crippen molar-refractivity contribution in [3.63, 3.8) is 0 Å². The molecule has 5 amide bonds. The number of benzene rings is 1.